The van der Waals surface area contributed by atoms with Crippen LogP contribution >= 0.6 is 0 Å². The molecule has 0 saturated carbocycles. The van der Waals surface area contributed by atoms with E-state index in [9.17, 15) is 4.79 Å². The third kappa shape index (κ3) is 3.28. The summed E-state index contributed by atoms with van der Waals surface area (Å²) in [4.78, 5) is 10.7. The second-order valence-electron chi connectivity index (χ2n) is 4.14. The summed E-state index contributed by atoms with van der Waals surface area (Å²) in [6.07, 6.45) is -0.527. The summed E-state index contributed by atoms with van der Waals surface area (Å²) in [5.41, 5.74) is 2.18. The minimum absolute atomic E-state index is 0.176. The zero-order valence-corrected chi connectivity index (χ0v) is 10.0. The van der Waals surface area contributed by atoms with Gasteiger partial charge >= 0.3 is 5.97 Å². The number of benzene rings is 1. The van der Waals surface area contributed by atoms with E-state index in [1.807, 2.05) is 31.2 Å². The molecule has 1 heterocycles. The molecule has 0 unspecified atom stereocenters. The first-order valence-corrected chi connectivity index (χ1v) is 5.62. The zero-order chi connectivity index (χ0) is 12.3. The van der Waals surface area contributed by atoms with Crippen LogP contribution in [0.1, 0.15) is 24.3 Å². The molecule has 2 rings (SSSR count). The van der Waals surface area contributed by atoms with E-state index in [0.29, 0.717) is 6.61 Å². The number of hydrogen-bond acceptors (Lipinski definition) is 4. The topological polar surface area (TPSA) is 44.8 Å². The highest BCUT2D eigenvalue weighted by atomic mass is 16.7. The fourth-order valence-electron chi connectivity index (χ4n) is 1.64. The second-order valence-corrected chi connectivity index (χ2v) is 4.14. The van der Waals surface area contributed by atoms with Crippen LogP contribution in [0.3, 0.4) is 0 Å². The molecular weight excluding hydrogens is 220 g/mol. The highest BCUT2D eigenvalue weighted by Crippen LogP contribution is 2.27. The summed E-state index contributed by atoms with van der Waals surface area (Å²) >= 11 is 0. The molecule has 1 aromatic carbocycles. The minimum Gasteiger partial charge on any atom is -0.463 e. The Balaban J connectivity index is 1.89. The molecule has 17 heavy (non-hydrogen) atoms. The van der Waals surface area contributed by atoms with E-state index in [4.69, 9.17) is 14.2 Å². The zero-order valence-electron chi connectivity index (χ0n) is 10.0. The fraction of sp³-hybridized carbons (Fsp3) is 0.462. The van der Waals surface area contributed by atoms with Crippen molar-refractivity contribution in [2.24, 2.45) is 0 Å². The standard InChI is InChI=1S/C13H16O4/c1-9-3-5-11(6-4-9)13-16-8-12(17-13)7-15-10(2)14/h3-6,12-13H,7-8H2,1-2H3/t12-,13-/m0/s1. The van der Waals surface area contributed by atoms with E-state index >= 15 is 0 Å². The van der Waals surface area contributed by atoms with Crippen molar-refractivity contribution < 1.29 is 19.0 Å². The molecule has 2 atom stereocenters. The summed E-state index contributed by atoms with van der Waals surface area (Å²) in [5.74, 6) is -0.299. The van der Waals surface area contributed by atoms with E-state index in [0.717, 1.165) is 5.56 Å². The van der Waals surface area contributed by atoms with Crippen molar-refractivity contribution in [3.8, 4) is 0 Å². The summed E-state index contributed by atoms with van der Waals surface area (Å²) in [5, 5.41) is 0. The first kappa shape index (κ1) is 12.1. The van der Waals surface area contributed by atoms with Gasteiger partial charge in [0.25, 0.3) is 0 Å². The minimum atomic E-state index is -0.351. The average molecular weight is 236 g/mol. The number of ether oxygens (including phenoxy) is 3. The molecule has 1 saturated heterocycles. The molecule has 0 radical (unpaired) electrons. The molecule has 0 bridgehead atoms. The van der Waals surface area contributed by atoms with Crippen molar-refractivity contribution in [3.63, 3.8) is 0 Å². The molecule has 0 N–H and O–H groups in total. The Labute approximate surface area is 100 Å². The van der Waals surface area contributed by atoms with Gasteiger partial charge in [-0.2, -0.15) is 0 Å². The van der Waals surface area contributed by atoms with Gasteiger partial charge in [0.05, 0.1) is 6.61 Å². The Kier molecular flexibility index (Phi) is 3.76. The lowest BCUT2D eigenvalue weighted by Crippen LogP contribution is -2.19. The quantitative estimate of drug-likeness (QED) is 0.753. The Hall–Kier alpha value is -1.39. The van der Waals surface area contributed by atoms with Gasteiger partial charge in [0, 0.05) is 12.5 Å². The maximum absolute atomic E-state index is 10.7. The van der Waals surface area contributed by atoms with Gasteiger partial charge in [0.1, 0.15) is 12.7 Å². The van der Waals surface area contributed by atoms with Crippen LogP contribution in [-0.2, 0) is 19.0 Å². The van der Waals surface area contributed by atoms with Gasteiger partial charge in [-0.15, -0.1) is 0 Å². The number of aryl methyl sites for hydroxylation is 1. The molecule has 0 spiro atoms. The van der Waals surface area contributed by atoms with Gasteiger partial charge in [-0.3, -0.25) is 4.79 Å². The molecule has 92 valence electrons. The Bertz CT molecular complexity index is 385. The van der Waals surface area contributed by atoms with E-state index in [-0.39, 0.29) is 25.0 Å². The van der Waals surface area contributed by atoms with Gasteiger partial charge in [-0.05, 0) is 6.92 Å². The highest BCUT2D eigenvalue weighted by molar-refractivity contribution is 5.65. The average Bonchev–Trinajstić information content (AvgIpc) is 2.76. The van der Waals surface area contributed by atoms with E-state index in [1.54, 1.807) is 0 Å². The Morgan fingerprint density at radius 3 is 2.76 bits per heavy atom. The lowest BCUT2D eigenvalue weighted by molar-refractivity contribution is -0.145. The van der Waals surface area contributed by atoms with Crippen molar-refractivity contribution >= 4 is 5.97 Å². The van der Waals surface area contributed by atoms with Crippen LogP contribution in [0, 0.1) is 6.92 Å². The van der Waals surface area contributed by atoms with Crippen molar-refractivity contribution in [2.45, 2.75) is 26.2 Å². The molecule has 4 heteroatoms. The third-order valence-electron chi connectivity index (χ3n) is 2.57. The van der Waals surface area contributed by atoms with Crippen LogP contribution in [0.5, 0.6) is 0 Å². The monoisotopic (exact) mass is 236 g/mol. The Morgan fingerprint density at radius 2 is 2.12 bits per heavy atom. The maximum atomic E-state index is 10.7. The van der Waals surface area contributed by atoms with Crippen LogP contribution in [0.2, 0.25) is 0 Å². The fourth-order valence-corrected chi connectivity index (χ4v) is 1.64. The van der Waals surface area contributed by atoms with Crippen LogP contribution in [-0.4, -0.2) is 25.3 Å². The highest BCUT2D eigenvalue weighted by Gasteiger charge is 2.27. The number of rotatable bonds is 3. The van der Waals surface area contributed by atoms with E-state index in [2.05, 4.69) is 0 Å². The van der Waals surface area contributed by atoms with Gasteiger partial charge < -0.3 is 14.2 Å². The second kappa shape index (κ2) is 5.29. The SMILES string of the molecule is CC(=O)OC[C@H]1CO[C@H](c2ccc(C)cc2)O1. The first-order valence-electron chi connectivity index (χ1n) is 5.62. The van der Waals surface area contributed by atoms with Crippen molar-refractivity contribution in [3.05, 3.63) is 35.4 Å². The molecule has 1 fully saturated rings. The maximum Gasteiger partial charge on any atom is 0.302 e. The summed E-state index contributed by atoms with van der Waals surface area (Å²) in [7, 11) is 0. The predicted octanol–water partition coefficient (Wildman–Crippen LogP) is 1.97. The summed E-state index contributed by atoms with van der Waals surface area (Å²) in [6, 6.07) is 7.99. The number of carbonyl (C=O) groups is 1. The first-order chi connectivity index (χ1) is 8.15. The van der Waals surface area contributed by atoms with Crippen molar-refractivity contribution in [1.29, 1.82) is 0 Å². The van der Waals surface area contributed by atoms with Crippen LogP contribution < -0.4 is 0 Å². The molecule has 1 aliphatic rings. The molecule has 4 nitrogen and oxygen atoms in total. The summed E-state index contributed by atoms with van der Waals surface area (Å²) in [6.45, 7) is 4.11. The molecule has 1 aliphatic heterocycles. The molecule has 0 amide bonds. The van der Waals surface area contributed by atoms with Crippen LogP contribution in [0.4, 0.5) is 0 Å². The van der Waals surface area contributed by atoms with Crippen LogP contribution in [0.15, 0.2) is 24.3 Å². The molecular formula is C13H16O4. The van der Waals surface area contributed by atoms with E-state index < -0.39 is 0 Å². The molecule has 0 aliphatic carbocycles. The summed E-state index contributed by atoms with van der Waals surface area (Å²) < 4.78 is 16.0. The number of esters is 1. The normalized spacial score (nSPS) is 23.6. The van der Waals surface area contributed by atoms with Crippen molar-refractivity contribution in [2.75, 3.05) is 13.2 Å². The molecule has 0 aromatic heterocycles. The third-order valence-corrected chi connectivity index (χ3v) is 2.57. The van der Waals surface area contributed by atoms with E-state index in [1.165, 1.54) is 12.5 Å². The largest absolute Gasteiger partial charge is 0.463 e. The lowest BCUT2D eigenvalue weighted by Gasteiger charge is -2.11. The van der Waals surface area contributed by atoms with Gasteiger partial charge in [0.15, 0.2) is 6.29 Å². The predicted molar refractivity (Wildman–Crippen MR) is 61.4 cm³/mol. The number of hydrogen-bond donors (Lipinski definition) is 0. The Morgan fingerprint density at radius 1 is 1.41 bits per heavy atom. The van der Waals surface area contributed by atoms with Crippen molar-refractivity contribution in [1.82, 2.24) is 0 Å². The lowest BCUT2D eigenvalue weighted by atomic mass is 10.1. The molecule has 1 aromatic rings. The smallest absolute Gasteiger partial charge is 0.302 e. The number of carbonyl (C=O) groups excluding carboxylic acids is 1. The van der Waals surface area contributed by atoms with Crippen LogP contribution in [0.25, 0.3) is 0 Å². The van der Waals surface area contributed by atoms with Gasteiger partial charge in [-0.25, -0.2) is 0 Å². The van der Waals surface area contributed by atoms with Gasteiger partial charge in [-0.1, -0.05) is 29.8 Å². The van der Waals surface area contributed by atoms with Gasteiger partial charge in [0.2, 0.25) is 0 Å².